The van der Waals surface area contributed by atoms with Gasteiger partial charge in [0.15, 0.2) is 0 Å². The lowest BCUT2D eigenvalue weighted by Gasteiger charge is -2.37. The fourth-order valence-corrected chi connectivity index (χ4v) is 3.89. The van der Waals surface area contributed by atoms with Gasteiger partial charge in [0.25, 0.3) is 5.69 Å². The van der Waals surface area contributed by atoms with Gasteiger partial charge in [0.2, 0.25) is 0 Å². The van der Waals surface area contributed by atoms with Crippen molar-refractivity contribution in [1.29, 1.82) is 0 Å². The Morgan fingerprint density at radius 1 is 1.24 bits per heavy atom. The molecule has 2 aromatic rings. The maximum absolute atomic E-state index is 11.3. The molecule has 0 saturated heterocycles. The van der Waals surface area contributed by atoms with Gasteiger partial charge in [-0.3, -0.25) is 10.1 Å². The van der Waals surface area contributed by atoms with Gasteiger partial charge >= 0.3 is 5.97 Å². The molecule has 0 spiro atoms. The molecule has 0 saturated carbocycles. The largest absolute Gasteiger partial charge is 0.478 e. The van der Waals surface area contributed by atoms with Gasteiger partial charge < -0.3 is 10.4 Å². The van der Waals surface area contributed by atoms with Crippen LogP contribution in [0.2, 0.25) is 0 Å². The number of nitrogens with zero attached hydrogens (tertiary/aromatic N) is 1. The van der Waals surface area contributed by atoms with Gasteiger partial charge in [0.05, 0.1) is 16.5 Å². The van der Waals surface area contributed by atoms with Crippen LogP contribution in [-0.4, -0.2) is 16.0 Å². The summed E-state index contributed by atoms with van der Waals surface area (Å²) in [6.07, 6.45) is 5.06. The zero-order chi connectivity index (χ0) is 17.6. The molecule has 3 atom stereocenters. The van der Waals surface area contributed by atoms with Crippen LogP contribution in [0.3, 0.4) is 0 Å². The minimum atomic E-state index is -0.942. The molecule has 0 unspecified atom stereocenters. The molecule has 4 rings (SSSR count). The van der Waals surface area contributed by atoms with E-state index in [-0.39, 0.29) is 34.1 Å². The molecule has 2 aromatic carbocycles. The van der Waals surface area contributed by atoms with E-state index in [0.29, 0.717) is 0 Å². The van der Waals surface area contributed by atoms with Crippen molar-refractivity contribution in [3.05, 3.63) is 81.4 Å². The Balaban J connectivity index is 1.77. The number of hydrogen-bond acceptors (Lipinski definition) is 4. The number of nitrogens with one attached hydrogen (secondary N) is 1. The predicted octanol–water partition coefficient (Wildman–Crippen LogP) is 4.12. The van der Waals surface area contributed by atoms with Crippen molar-refractivity contribution in [1.82, 2.24) is 0 Å². The Morgan fingerprint density at radius 2 is 2.08 bits per heavy atom. The SMILES string of the molecule is O=C(O)c1ccc2c(c1)[C@@H]1C=CC[C@@H]1[C@@H](c1cccc([N+](=O)[O-])c1)N2. The predicted molar refractivity (Wildman–Crippen MR) is 92.8 cm³/mol. The zero-order valence-electron chi connectivity index (χ0n) is 13.3. The summed E-state index contributed by atoms with van der Waals surface area (Å²) >= 11 is 0. The third kappa shape index (κ3) is 2.55. The summed E-state index contributed by atoms with van der Waals surface area (Å²) < 4.78 is 0. The average molecular weight is 336 g/mol. The van der Waals surface area contributed by atoms with Crippen LogP contribution in [-0.2, 0) is 0 Å². The maximum atomic E-state index is 11.3. The summed E-state index contributed by atoms with van der Waals surface area (Å²) in [5.74, 6) is -0.625. The Bertz CT molecular complexity index is 906. The third-order valence-corrected chi connectivity index (χ3v) is 5.05. The number of carboxylic acid groups (broad SMARTS) is 1. The lowest BCUT2D eigenvalue weighted by atomic mass is 9.76. The minimum Gasteiger partial charge on any atom is -0.478 e. The molecule has 0 radical (unpaired) electrons. The smallest absolute Gasteiger partial charge is 0.335 e. The van der Waals surface area contributed by atoms with Crippen molar-refractivity contribution < 1.29 is 14.8 Å². The fourth-order valence-electron chi connectivity index (χ4n) is 3.89. The van der Waals surface area contributed by atoms with E-state index in [0.717, 1.165) is 23.2 Å². The normalized spacial score (nSPS) is 23.4. The van der Waals surface area contributed by atoms with Crippen LogP contribution in [0.25, 0.3) is 0 Å². The lowest BCUT2D eigenvalue weighted by Crippen LogP contribution is -2.29. The number of fused-ring (bicyclic) bond motifs is 3. The summed E-state index contributed by atoms with van der Waals surface area (Å²) in [5.41, 5.74) is 3.08. The number of aromatic carboxylic acids is 1. The minimum absolute atomic E-state index is 0.0527. The van der Waals surface area contributed by atoms with Crippen molar-refractivity contribution in [2.75, 3.05) is 5.32 Å². The van der Waals surface area contributed by atoms with Crippen molar-refractivity contribution in [3.63, 3.8) is 0 Å². The number of benzene rings is 2. The van der Waals surface area contributed by atoms with E-state index in [9.17, 15) is 20.0 Å². The number of allylic oxidation sites excluding steroid dienone is 2. The van der Waals surface area contributed by atoms with Crippen LogP contribution in [0, 0.1) is 16.0 Å². The van der Waals surface area contributed by atoms with E-state index >= 15 is 0 Å². The Kier molecular flexibility index (Phi) is 3.53. The Hall–Kier alpha value is -3.15. The summed E-state index contributed by atoms with van der Waals surface area (Å²) in [6, 6.07) is 11.7. The summed E-state index contributed by atoms with van der Waals surface area (Å²) in [7, 11) is 0. The number of non-ortho nitro benzene ring substituents is 1. The fraction of sp³-hybridized carbons (Fsp3) is 0.211. The number of rotatable bonds is 3. The van der Waals surface area contributed by atoms with Crippen LogP contribution in [0.5, 0.6) is 0 Å². The molecular formula is C19H16N2O4. The van der Waals surface area contributed by atoms with Gasteiger partial charge in [-0.05, 0) is 41.7 Å². The summed E-state index contributed by atoms with van der Waals surface area (Å²) in [6.45, 7) is 0. The molecule has 6 heteroatoms. The second-order valence-electron chi connectivity index (χ2n) is 6.43. The van der Waals surface area contributed by atoms with Gasteiger partial charge in [-0.15, -0.1) is 0 Å². The lowest BCUT2D eigenvalue weighted by molar-refractivity contribution is -0.384. The number of anilines is 1. The van der Waals surface area contributed by atoms with Gasteiger partial charge in [0, 0.05) is 23.7 Å². The van der Waals surface area contributed by atoms with Crippen LogP contribution in [0.1, 0.15) is 39.9 Å². The molecular weight excluding hydrogens is 320 g/mol. The van der Waals surface area contributed by atoms with E-state index in [1.54, 1.807) is 30.3 Å². The quantitative estimate of drug-likeness (QED) is 0.500. The molecule has 6 nitrogen and oxygen atoms in total. The van der Waals surface area contributed by atoms with Crippen LogP contribution in [0.4, 0.5) is 11.4 Å². The Labute approximate surface area is 144 Å². The highest BCUT2D eigenvalue weighted by molar-refractivity contribution is 5.89. The first-order valence-corrected chi connectivity index (χ1v) is 8.09. The monoisotopic (exact) mass is 336 g/mol. The first-order chi connectivity index (χ1) is 12.0. The molecule has 1 aliphatic heterocycles. The number of nitro benzene ring substituents is 1. The Morgan fingerprint density at radius 3 is 2.84 bits per heavy atom. The van der Waals surface area contributed by atoms with Crippen LogP contribution < -0.4 is 5.32 Å². The van der Waals surface area contributed by atoms with Crippen molar-refractivity contribution in [2.24, 2.45) is 5.92 Å². The molecule has 0 bridgehead atoms. The van der Waals surface area contributed by atoms with Gasteiger partial charge in [0.1, 0.15) is 0 Å². The second kappa shape index (κ2) is 5.73. The van der Waals surface area contributed by atoms with Crippen LogP contribution >= 0.6 is 0 Å². The van der Waals surface area contributed by atoms with E-state index in [2.05, 4.69) is 17.5 Å². The van der Waals surface area contributed by atoms with Gasteiger partial charge in [-0.2, -0.15) is 0 Å². The highest BCUT2D eigenvalue weighted by Crippen LogP contribution is 2.50. The number of hydrogen-bond donors (Lipinski definition) is 2. The molecule has 0 amide bonds. The molecule has 2 N–H and O–H groups in total. The maximum Gasteiger partial charge on any atom is 0.335 e. The van der Waals surface area contributed by atoms with Crippen molar-refractivity contribution in [3.8, 4) is 0 Å². The highest BCUT2D eigenvalue weighted by atomic mass is 16.6. The third-order valence-electron chi connectivity index (χ3n) is 5.05. The van der Waals surface area contributed by atoms with Crippen LogP contribution in [0.15, 0.2) is 54.6 Å². The summed E-state index contributed by atoms with van der Waals surface area (Å²) in [4.78, 5) is 22.0. The average Bonchev–Trinajstić information content (AvgIpc) is 3.10. The molecule has 2 aliphatic rings. The molecule has 0 fully saturated rings. The van der Waals surface area contributed by atoms with E-state index in [1.807, 2.05) is 6.07 Å². The van der Waals surface area contributed by atoms with E-state index in [4.69, 9.17) is 0 Å². The molecule has 126 valence electrons. The first kappa shape index (κ1) is 15.4. The van der Waals surface area contributed by atoms with Crippen molar-refractivity contribution in [2.45, 2.75) is 18.4 Å². The molecule has 0 aromatic heterocycles. The van der Waals surface area contributed by atoms with Gasteiger partial charge in [-0.25, -0.2) is 4.79 Å². The molecule has 25 heavy (non-hydrogen) atoms. The van der Waals surface area contributed by atoms with Gasteiger partial charge in [-0.1, -0.05) is 24.3 Å². The van der Waals surface area contributed by atoms with E-state index in [1.165, 1.54) is 6.07 Å². The summed E-state index contributed by atoms with van der Waals surface area (Å²) in [5, 5.41) is 23.8. The van der Waals surface area contributed by atoms with Crippen molar-refractivity contribution >= 4 is 17.3 Å². The number of carbonyl (C=O) groups is 1. The molecule has 1 aliphatic carbocycles. The number of carboxylic acids is 1. The standard InChI is InChI=1S/C19H16N2O4/c22-19(23)12-7-8-17-16(10-12)14-5-2-6-15(14)18(20-17)11-3-1-4-13(9-11)21(24)25/h1-5,7-10,14-15,18,20H,6H2,(H,22,23)/t14-,15+,18-/m1/s1. The molecule has 1 heterocycles. The topological polar surface area (TPSA) is 92.5 Å². The van der Waals surface area contributed by atoms with E-state index < -0.39 is 5.97 Å². The second-order valence-corrected chi connectivity index (χ2v) is 6.43. The zero-order valence-corrected chi connectivity index (χ0v) is 13.3. The highest BCUT2D eigenvalue weighted by Gasteiger charge is 2.38. The first-order valence-electron chi connectivity index (χ1n) is 8.09. The number of nitro groups is 1.